The van der Waals surface area contributed by atoms with Gasteiger partial charge < -0.3 is 5.32 Å². The van der Waals surface area contributed by atoms with E-state index < -0.39 is 0 Å². The molecule has 2 N–H and O–H groups in total. The molecule has 0 fully saturated rings. The maximum atomic E-state index is 11.9. The van der Waals surface area contributed by atoms with E-state index in [0.717, 1.165) is 24.5 Å². The van der Waals surface area contributed by atoms with E-state index in [2.05, 4.69) is 36.9 Å². The van der Waals surface area contributed by atoms with E-state index in [1.54, 1.807) is 6.92 Å². The highest BCUT2D eigenvalue weighted by Gasteiger charge is 2.10. The van der Waals surface area contributed by atoms with Gasteiger partial charge in [-0.15, -0.1) is 0 Å². The van der Waals surface area contributed by atoms with Crippen LogP contribution in [0.3, 0.4) is 0 Å². The molecule has 0 bridgehead atoms. The lowest BCUT2D eigenvalue weighted by atomic mass is 10.4. The highest BCUT2D eigenvalue weighted by atomic mass is 32.1. The Bertz CT molecular complexity index is 553. The van der Waals surface area contributed by atoms with Gasteiger partial charge in [-0.3, -0.25) is 10.1 Å². The zero-order chi connectivity index (χ0) is 13.7. The number of carbonyl (C=O) groups excluding carboxylic acids is 1. The van der Waals surface area contributed by atoms with Crippen molar-refractivity contribution in [3.63, 3.8) is 0 Å². The molecular weight excluding hydrogens is 264 g/mol. The van der Waals surface area contributed by atoms with Crippen molar-refractivity contribution < 1.29 is 4.79 Å². The summed E-state index contributed by atoms with van der Waals surface area (Å²) in [5.41, 5.74) is 0.245. The first-order valence-electron chi connectivity index (χ1n) is 5.86. The van der Waals surface area contributed by atoms with Gasteiger partial charge in [-0.1, -0.05) is 6.92 Å². The number of nitrogens with one attached hydrogen (secondary N) is 2. The number of hydrogen-bond donors (Lipinski definition) is 2. The van der Waals surface area contributed by atoms with Gasteiger partial charge in [0, 0.05) is 18.1 Å². The molecular formula is C11H14N6OS. The number of aromatic nitrogens is 4. The van der Waals surface area contributed by atoms with Gasteiger partial charge in [0.1, 0.15) is 17.3 Å². The van der Waals surface area contributed by atoms with Gasteiger partial charge in [-0.25, -0.2) is 15.0 Å². The lowest BCUT2D eigenvalue weighted by molar-refractivity contribution is 0.102. The Balaban J connectivity index is 1.99. The predicted molar refractivity (Wildman–Crippen MR) is 73.4 cm³/mol. The van der Waals surface area contributed by atoms with Crippen LogP contribution in [-0.4, -0.2) is 31.8 Å². The summed E-state index contributed by atoms with van der Waals surface area (Å²) < 4.78 is 3.98. The summed E-state index contributed by atoms with van der Waals surface area (Å²) in [6, 6.07) is 0. The Morgan fingerprint density at radius 1 is 1.37 bits per heavy atom. The van der Waals surface area contributed by atoms with Crippen LogP contribution in [0.15, 0.2) is 12.4 Å². The van der Waals surface area contributed by atoms with E-state index >= 15 is 0 Å². The summed E-state index contributed by atoms with van der Waals surface area (Å²) in [6.07, 6.45) is 3.97. The quantitative estimate of drug-likeness (QED) is 0.865. The molecule has 19 heavy (non-hydrogen) atoms. The minimum Gasteiger partial charge on any atom is -0.369 e. The molecule has 0 aromatic carbocycles. The lowest BCUT2D eigenvalue weighted by Gasteiger charge is -2.04. The molecule has 2 rings (SSSR count). The second kappa shape index (κ2) is 6.19. The van der Waals surface area contributed by atoms with E-state index in [1.807, 2.05) is 0 Å². The first kappa shape index (κ1) is 13.3. The summed E-state index contributed by atoms with van der Waals surface area (Å²) in [5.74, 6) is 0.946. The van der Waals surface area contributed by atoms with Gasteiger partial charge in [0.2, 0.25) is 5.13 Å². The van der Waals surface area contributed by atoms with Gasteiger partial charge in [0.25, 0.3) is 5.91 Å². The van der Waals surface area contributed by atoms with Gasteiger partial charge in [-0.2, -0.15) is 4.37 Å². The molecule has 0 aliphatic rings. The Hall–Kier alpha value is -2.09. The van der Waals surface area contributed by atoms with Crippen LogP contribution < -0.4 is 10.6 Å². The molecule has 8 heteroatoms. The van der Waals surface area contributed by atoms with Crippen LogP contribution in [0.1, 0.15) is 29.7 Å². The van der Waals surface area contributed by atoms with Crippen LogP contribution in [0.5, 0.6) is 0 Å². The highest BCUT2D eigenvalue weighted by Crippen LogP contribution is 2.11. The second-order valence-corrected chi connectivity index (χ2v) is 4.57. The average molecular weight is 278 g/mol. The largest absolute Gasteiger partial charge is 0.369 e. The maximum absolute atomic E-state index is 11.9. The van der Waals surface area contributed by atoms with Crippen molar-refractivity contribution in [1.82, 2.24) is 19.3 Å². The summed E-state index contributed by atoms with van der Waals surface area (Å²) >= 11 is 1.13. The molecule has 0 saturated carbocycles. The van der Waals surface area contributed by atoms with Crippen molar-refractivity contribution in [2.24, 2.45) is 0 Å². The number of rotatable bonds is 5. The molecule has 0 saturated heterocycles. The molecule has 7 nitrogen and oxygen atoms in total. The number of amides is 1. The predicted octanol–water partition coefficient (Wildman–Crippen LogP) is 1.71. The first-order chi connectivity index (χ1) is 9.19. The topological polar surface area (TPSA) is 92.7 Å². The van der Waals surface area contributed by atoms with Crippen LogP contribution in [0, 0.1) is 6.92 Å². The normalized spacial score (nSPS) is 10.2. The molecule has 2 heterocycles. The molecule has 1 amide bonds. The third kappa shape index (κ3) is 3.68. The van der Waals surface area contributed by atoms with Crippen molar-refractivity contribution in [3.05, 3.63) is 23.9 Å². The van der Waals surface area contributed by atoms with E-state index in [4.69, 9.17) is 0 Å². The van der Waals surface area contributed by atoms with E-state index in [9.17, 15) is 4.79 Å². The molecule has 2 aromatic rings. The van der Waals surface area contributed by atoms with Crippen LogP contribution >= 0.6 is 11.5 Å². The minimum atomic E-state index is -0.342. The van der Waals surface area contributed by atoms with Crippen LogP contribution in [-0.2, 0) is 0 Å². The number of anilines is 2. The van der Waals surface area contributed by atoms with Crippen molar-refractivity contribution in [2.45, 2.75) is 20.3 Å². The van der Waals surface area contributed by atoms with Crippen LogP contribution in [0.4, 0.5) is 10.9 Å². The first-order valence-corrected chi connectivity index (χ1v) is 6.64. The molecule has 2 aromatic heterocycles. The Labute approximate surface area is 114 Å². The highest BCUT2D eigenvalue weighted by molar-refractivity contribution is 7.09. The second-order valence-electron chi connectivity index (χ2n) is 3.81. The molecule has 0 aliphatic heterocycles. The smallest absolute Gasteiger partial charge is 0.277 e. The summed E-state index contributed by atoms with van der Waals surface area (Å²) in [4.78, 5) is 24.1. The van der Waals surface area contributed by atoms with Crippen molar-refractivity contribution in [1.29, 1.82) is 0 Å². The van der Waals surface area contributed by atoms with E-state index in [0.29, 0.717) is 16.8 Å². The Morgan fingerprint density at radius 3 is 2.79 bits per heavy atom. The molecule has 0 spiro atoms. The Kier molecular flexibility index (Phi) is 4.35. The van der Waals surface area contributed by atoms with Gasteiger partial charge in [0.05, 0.1) is 12.4 Å². The minimum absolute atomic E-state index is 0.245. The fourth-order valence-corrected chi connectivity index (χ4v) is 1.87. The molecule has 0 atom stereocenters. The average Bonchev–Trinajstić information content (AvgIpc) is 2.82. The molecule has 0 radical (unpaired) electrons. The zero-order valence-electron chi connectivity index (χ0n) is 10.7. The summed E-state index contributed by atoms with van der Waals surface area (Å²) in [6.45, 7) is 4.65. The van der Waals surface area contributed by atoms with Crippen LogP contribution in [0.2, 0.25) is 0 Å². The number of carbonyl (C=O) groups is 1. The van der Waals surface area contributed by atoms with Crippen molar-refractivity contribution in [2.75, 3.05) is 17.2 Å². The van der Waals surface area contributed by atoms with Crippen LogP contribution in [0.25, 0.3) is 0 Å². The number of aryl methyl sites for hydroxylation is 1. The standard InChI is InChI=1S/C11H14N6OS/c1-3-4-12-9-6-13-8(5-14-9)10(18)16-11-15-7(2)17-19-11/h5-6H,3-4H2,1-2H3,(H,12,14)(H,15,16,17,18). The molecule has 100 valence electrons. The van der Waals surface area contributed by atoms with Gasteiger partial charge in [0.15, 0.2) is 0 Å². The fraction of sp³-hybridized carbons (Fsp3) is 0.364. The fourth-order valence-electron chi connectivity index (χ4n) is 1.30. The van der Waals surface area contributed by atoms with Crippen molar-refractivity contribution >= 4 is 28.4 Å². The third-order valence-corrected chi connectivity index (χ3v) is 2.91. The van der Waals surface area contributed by atoms with E-state index in [-0.39, 0.29) is 11.6 Å². The Morgan fingerprint density at radius 2 is 2.21 bits per heavy atom. The molecule has 0 unspecified atom stereocenters. The summed E-state index contributed by atoms with van der Waals surface area (Å²) in [5, 5.41) is 6.17. The maximum Gasteiger partial charge on any atom is 0.277 e. The monoisotopic (exact) mass is 278 g/mol. The SMILES string of the molecule is CCCNc1cnc(C(=O)Nc2nc(C)ns2)cn1. The molecule has 0 aliphatic carbocycles. The third-order valence-electron chi connectivity index (χ3n) is 2.19. The van der Waals surface area contributed by atoms with Gasteiger partial charge in [-0.05, 0) is 13.3 Å². The zero-order valence-corrected chi connectivity index (χ0v) is 11.5. The van der Waals surface area contributed by atoms with Gasteiger partial charge >= 0.3 is 0 Å². The lowest BCUT2D eigenvalue weighted by Crippen LogP contribution is -2.14. The van der Waals surface area contributed by atoms with Crippen molar-refractivity contribution in [3.8, 4) is 0 Å². The van der Waals surface area contributed by atoms with E-state index in [1.165, 1.54) is 12.4 Å². The summed E-state index contributed by atoms with van der Waals surface area (Å²) in [7, 11) is 0. The number of nitrogens with zero attached hydrogens (tertiary/aromatic N) is 4. The number of hydrogen-bond acceptors (Lipinski definition) is 7.